The summed E-state index contributed by atoms with van der Waals surface area (Å²) in [6.07, 6.45) is 4.07. The van der Waals surface area contributed by atoms with Crippen molar-refractivity contribution in [3.05, 3.63) is 35.4 Å². The van der Waals surface area contributed by atoms with Crippen LogP contribution in [-0.4, -0.2) is 66.9 Å². The van der Waals surface area contributed by atoms with Crippen LogP contribution in [0.15, 0.2) is 24.3 Å². The van der Waals surface area contributed by atoms with Gasteiger partial charge in [0, 0.05) is 32.7 Å². The van der Waals surface area contributed by atoms with E-state index in [9.17, 15) is 9.59 Å². The first-order chi connectivity index (χ1) is 14.0. The van der Waals surface area contributed by atoms with Gasteiger partial charge in [0.15, 0.2) is 0 Å². The molecule has 0 radical (unpaired) electrons. The van der Waals surface area contributed by atoms with Gasteiger partial charge in [0.1, 0.15) is 0 Å². The third-order valence-corrected chi connectivity index (χ3v) is 5.62. The maximum Gasteiger partial charge on any atom is 0.237 e. The fourth-order valence-corrected chi connectivity index (χ4v) is 3.57. The lowest BCUT2D eigenvalue weighted by Gasteiger charge is -2.37. The van der Waals surface area contributed by atoms with Gasteiger partial charge in [-0.3, -0.25) is 14.5 Å². The van der Waals surface area contributed by atoms with Crippen LogP contribution < -0.4 is 10.6 Å². The van der Waals surface area contributed by atoms with E-state index in [0.717, 1.165) is 58.4 Å². The summed E-state index contributed by atoms with van der Waals surface area (Å²) in [7, 11) is 0. The Bertz CT molecular complexity index is 650. The normalized spacial score (nSPS) is 16.1. The lowest BCUT2D eigenvalue weighted by molar-refractivity contribution is -0.139. The Balaban J connectivity index is 1.60. The Morgan fingerprint density at radius 1 is 1.14 bits per heavy atom. The van der Waals surface area contributed by atoms with E-state index in [-0.39, 0.29) is 17.9 Å². The van der Waals surface area contributed by atoms with Gasteiger partial charge in [-0.2, -0.15) is 0 Å². The van der Waals surface area contributed by atoms with Crippen LogP contribution in [-0.2, 0) is 22.6 Å². The van der Waals surface area contributed by atoms with E-state index in [1.54, 1.807) is 0 Å². The van der Waals surface area contributed by atoms with Crippen LogP contribution in [0.4, 0.5) is 0 Å². The van der Waals surface area contributed by atoms with Crippen LogP contribution >= 0.6 is 0 Å². The average Bonchev–Trinajstić information content (AvgIpc) is 2.74. The van der Waals surface area contributed by atoms with E-state index in [1.807, 2.05) is 16.7 Å². The number of piperazine rings is 1. The fraction of sp³-hybridized carbons (Fsp3) is 0.652. The first-order valence-electron chi connectivity index (χ1n) is 11.1. The summed E-state index contributed by atoms with van der Waals surface area (Å²) in [5.74, 6) is 0.149. The average molecular weight is 403 g/mol. The Kier molecular flexibility index (Phi) is 10.2. The molecule has 0 saturated carbocycles. The van der Waals surface area contributed by atoms with E-state index in [0.29, 0.717) is 13.1 Å². The van der Waals surface area contributed by atoms with Gasteiger partial charge < -0.3 is 15.5 Å². The van der Waals surface area contributed by atoms with Gasteiger partial charge in [0.2, 0.25) is 11.8 Å². The van der Waals surface area contributed by atoms with Crippen molar-refractivity contribution >= 4 is 11.8 Å². The lowest BCUT2D eigenvalue weighted by Crippen LogP contribution is -2.56. The molecule has 2 amide bonds. The maximum absolute atomic E-state index is 12.4. The van der Waals surface area contributed by atoms with Crippen LogP contribution in [0, 0.1) is 0 Å². The van der Waals surface area contributed by atoms with Crippen LogP contribution in [0.2, 0.25) is 0 Å². The van der Waals surface area contributed by atoms with Crippen molar-refractivity contribution in [1.82, 2.24) is 20.4 Å². The maximum atomic E-state index is 12.4. The van der Waals surface area contributed by atoms with Crippen molar-refractivity contribution in [2.75, 3.05) is 39.3 Å². The van der Waals surface area contributed by atoms with Crippen molar-refractivity contribution in [2.45, 2.75) is 59.0 Å². The molecule has 0 aliphatic carbocycles. The minimum absolute atomic E-state index is 0.00968. The Morgan fingerprint density at radius 2 is 1.93 bits per heavy atom. The zero-order chi connectivity index (χ0) is 21.1. The highest BCUT2D eigenvalue weighted by Gasteiger charge is 2.29. The summed E-state index contributed by atoms with van der Waals surface area (Å²) in [6, 6.07) is 8.36. The van der Waals surface area contributed by atoms with Gasteiger partial charge in [-0.1, -0.05) is 44.5 Å². The molecule has 0 bridgehead atoms. The van der Waals surface area contributed by atoms with E-state index in [2.05, 4.69) is 48.7 Å². The van der Waals surface area contributed by atoms with Crippen molar-refractivity contribution in [3.8, 4) is 0 Å². The Morgan fingerprint density at radius 3 is 2.66 bits per heavy atom. The van der Waals surface area contributed by atoms with E-state index in [4.69, 9.17) is 0 Å². The van der Waals surface area contributed by atoms with Crippen molar-refractivity contribution in [3.63, 3.8) is 0 Å². The Labute approximate surface area is 176 Å². The minimum Gasteiger partial charge on any atom is -0.355 e. The summed E-state index contributed by atoms with van der Waals surface area (Å²) in [6.45, 7) is 11.2. The highest BCUT2D eigenvalue weighted by molar-refractivity contribution is 5.83. The van der Waals surface area contributed by atoms with Crippen LogP contribution in [0.1, 0.15) is 51.2 Å². The molecule has 6 nitrogen and oxygen atoms in total. The standard InChI is InChI=1S/C23H38N4O2/c1-4-6-13-26-14-15-27(18-22(26)28)19(3)23(29)25-12-8-11-24-17-21-10-7-9-20(5-2)16-21/h7,9-10,16,19,24H,4-6,8,11-15,17-18H2,1-3H3,(H,25,29)/t19-/m1/s1. The Hall–Kier alpha value is -1.92. The molecule has 2 rings (SSSR count). The molecule has 0 spiro atoms. The molecular formula is C23H38N4O2. The summed E-state index contributed by atoms with van der Waals surface area (Å²) < 4.78 is 0. The third-order valence-electron chi connectivity index (χ3n) is 5.62. The molecule has 1 aromatic rings. The van der Waals surface area contributed by atoms with Gasteiger partial charge >= 0.3 is 0 Å². The number of benzene rings is 1. The number of unbranched alkanes of at least 4 members (excludes halogenated alkanes) is 1. The predicted molar refractivity (Wildman–Crippen MR) is 118 cm³/mol. The van der Waals surface area contributed by atoms with Crippen molar-refractivity contribution in [1.29, 1.82) is 0 Å². The highest BCUT2D eigenvalue weighted by atomic mass is 16.2. The smallest absolute Gasteiger partial charge is 0.237 e. The number of carbonyl (C=O) groups is 2. The molecule has 0 unspecified atom stereocenters. The quantitative estimate of drug-likeness (QED) is 0.526. The molecule has 1 saturated heterocycles. The fourth-order valence-electron chi connectivity index (χ4n) is 3.57. The molecule has 1 aliphatic rings. The van der Waals surface area contributed by atoms with Crippen LogP contribution in [0.25, 0.3) is 0 Å². The van der Waals surface area contributed by atoms with E-state index < -0.39 is 0 Å². The number of nitrogens with zero attached hydrogens (tertiary/aromatic N) is 2. The number of carbonyl (C=O) groups excluding carboxylic acids is 2. The van der Waals surface area contributed by atoms with Crippen LogP contribution in [0.3, 0.4) is 0 Å². The number of hydrogen-bond acceptors (Lipinski definition) is 4. The molecule has 1 fully saturated rings. The predicted octanol–water partition coefficient (Wildman–Crippen LogP) is 2.18. The van der Waals surface area contributed by atoms with Gasteiger partial charge in [0.25, 0.3) is 0 Å². The number of hydrogen-bond donors (Lipinski definition) is 2. The zero-order valence-corrected chi connectivity index (χ0v) is 18.4. The number of nitrogens with one attached hydrogen (secondary N) is 2. The summed E-state index contributed by atoms with van der Waals surface area (Å²) in [5.41, 5.74) is 2.65. The molecule has 1 atom stereocenters. The molecule has 0 aromatic heterocycles. The zero-order valence-electron chi connectivity index (χ0n) is 18.4. The number of aryl methyl sites for hydroxylation is 1. The van der Waals surface area contributed by atoms with Gasteiger partial charge in [0.05, 0.1) is 12.6 Å². The third kappa shape index (κ3) is 7.78. The molecule has 2 N–H and O–H groups in total. The second-order valence-corrected chi connectivity index (χ2v) is 7.88. The SMILES string of the molecule is CCCCN1CCN([C@H](C)C(=O)NCCCNCc2cccc(CC)c2)CC1=O. The van der Waals surface area contributed by atoms with Gasteiger partial charge in [-0.25, -0.2) is 0 Å². The largest absolute Gasteiger partial charge is 0.355 e. The first-order valence-corrected chi connectivity index (χ1v) is 11.1. The minimum atomic E-state index is -0.267. The second-order valence-electron chi connectivity index (χ2n) is 7.88. The molecular weight excluding hydrogens is 364 g/mol. The lowest BCUT2D eigenvalue weighted by atomic mass is 10.1. The molecule has 6 heteroatoms. The monoisotopic (exact) mass is 402 g/mol. The van der Waals surface area contributed by atoms with Crippen molar-refractivity contribution < 1.29 is 9.59 Å². The second kappa shape index (κ2) is 12.6. The van der Waals surface area contributed by atoms with Crippen molar-refractivity contribution in [2.24, 2.45) is 0 Å². The first kappa shape index (κ1) is 23.4. The molecule has 162 valence electrons. The van der Waals surface area contributed by atoms with E-state index >= 15 is 0 Å². The van der Waals surface area contributed by atoms with Crippen LogP contribution in [0.5, 0.6) is 0 Å². The summed E-state index contributed by atoms with van der Waals surface area (Å²) in [4.78, 5) is 28.6. The number of rotatable bonds is 12. The highest BCUT2D eigenvalue weighted by Crippen LogP contribution is 2.09. The summed E-state index contributed by atoms with van der Waals surface area (Å²) in [5, 5.41) is 6.45. The summed E-state index contributed by atoms with van der Waals surface area (Å²) >= 11 is 0. The van der Waals surface area contributed by atoms with E-state index in [1.165, 1.54) is 11.1 Å². The molecule has 1 aliphatic heterocycles. The van der Waals surface area contributed by atoms with Gasteiger partial charge in [-0.05, 0) is 43.9 Å². The molecule has 1 heterocycles. The number of amides is 2. The molecule has 29 heavy (non-hydrogen) atoms. The molecule has 1 aromatic carbocycles. The topological polar surface area (TPSA) is 64.7 Å². The van der Waals surface area contributed by atoms with Gasteiger partial charge in [-0.15, -0.1) is 0 Å².